The third-order valence-electron chi connectivity index (χ3n) is 2.55. The van der Waals surface area contributed by atoms with Gasteiger partial charge in [-0.3, -0.25) is 0 Å². The summed E-state index contributed by atoms with van der Waals surface area (Å²) in [5.74, 6) is 1.27. The zero-order valence-electron chi connectivity index (χ0n) is 9.56. The van der Waals surface area contributed by atoms with E-state index >= 15 is 0 Å². The maximum absolute atomic E-state index is 5.83. The normalized spacial score (nSPS) is 25.8. The van der Waals surface area contributed by atoms with Crippen LogP contribution in [0.15, 0.2) is 12.4 Å². The first-order chi connectivity index (χ1) is 7.69. The third-order valence-corrected chi connectivity index (χ3v) is 2.89. The molecule has 1 aliphatic heterocycles. The Hall–Kier alpha value is -0.870. The second-order valence-corrected chi connectivity index (χ2v) is 4.50. The quantitative estimate of drug-likeness (QED) is 0.738. The number of ether oxygens (including phenoxy) is 1. The average molecular weight is 242 g/mol. The van der Waals surface area contributed by atoms with Crippen LogP contribution in [-0.2, 0) is 4.74 Å². The van der Waals surface area contributed by atoms with Gasteiger partial charge in [-0.15, -0.1) is 11.6 Å². The van der Waals surface area contributed by atoms with E-state index in [1.807, 2.05) is 26.2 Å². The molecule has 0 bridgehead atoms. The van der Waals surface area contributed by atoms with Crippen molar-refractivity contribution in [2.45, 2.75) is 26.1 Å². The lowest BCUT2D eigenvalue weighted by atomic mass is 10.2. The van der Waals surface area contributed by atoms with Crippen LogP contribution in [0.2, 0.25) is 0 Å². The number of rotatable bonds is 2. The lowest BCUT2D eigenvalue weighted by molar-refractivity contribution is -0.00383. The van der Waals surface area contributed by atoms with Gasteiger partial charge in [0.1, 0.15) is 0 Å². The Morgan fingerprint density at radius 1 is 1.44 bits per heavy atom. The van der Waals surface area contributed by atoms with Gasteiger partial charge >= 0.3 is 0 Å². The highest BCUT2D eigenvalue weighted by Gasteiger charge is 2.25. The maximum atomic E-state index is 5.83. The van der Waals surface area contributed by atoms with Crippen molar-refractivity contribution in [3.05, 3.63) is 18.0 Å². The predicted octanol–water partition coefficient (Wildman–Crippen LogP) is 1.62. The predicted molar refractivity (Wildman–Crippen MR) is 64.0 cm³/mol. The summed E-state index contributed by atoms with van der Waals surface area (Å²) < 4.78 is 5.68. The molecule has 0 saturated carbocycles. The fourth-order valence-corrected chi connectivity index (χ4v) is 2.01. The van der Waals surface area contributed by atoms with Crippen molar-refractivity contribution < 1.29 is 4.74 Å². The van der Waals surface area contributed by atoms with Gasteiger partial charge in [0.25, 0.3) is 0 Å². The van der Waals surface area contributed by atoms with Crippen LogP contribution in [0, 0.1) is 6.92 Å². The van der Waals surface area contributed by atoms with E-state index in [2.05, 4.69) is 14.9 Å². The van der Waals surface area contributed by atoms with E-state index in [0.717, 1.165) is 24.6 Å². The van der Waals surface area contributed by atoms with Crippen LogP contribution in [0.3, 0.4) is 0 Å². The molecule has 0 N–H and O–H groups in total. The zero-order valence-corrected chi connectivity index (χ0v) is 10.3. The van der Waals surface area contributed by atoms with Gasteiger partial charge in [-0.1, -0.05) is 0 Å². The molecule has 2 rings (SSSR count). The number of morpholine rings is 1. The van der Waals surface area contributed by atoms with Crippen LogP contribution in [0.5, 0.6) is 0 Å². The summed E-state index contributed by atoms with van der Waals surface area (Å²) in [6.07, 6.45) is 3.90. The molecular weight excluding hydrogens is 226 g/mol. The molecule has 1 aromatic rings. The molecule has 0 aliphatic carbocycles. The minimum atomic E-state index is 0.0651. The fourth-order valence-electron chi connectivity index (χ4n) is 1.84. The number of nitrogens with zero attached hydrogens (tertiary/aromatic N) is 3. The molecule has 1 aromatic heterocycles. The highest BCUT2D eigenvalue weighted by molar-refractivity contribution is 6.18. The van der Waals surface area contributed by atoms with E-state index in [0.29, 0.717) is 5.88 Å². The Morgan fingerprint density at radius 3 is 2.75 bits per heavy atom. The molecule has 88 valence electrons. The lowest BCUT2D eigenvalue weighted by Crippen LogP contribution is -2.48. The van der Waals surface area contributed by atoms with Crippen molar-refractivity contribution in [2.24, 2.45) is 0 Å². The number of hydrogen-bond donors (Lipinski definition) is 0. The SMILES string of the molecule is Cc1cnc(N2CC(C)OC(CCl)C2)nc1. The summed E-state index contributed by atoms with van der Waals surface area (Å²) in [6.45, 7) is 5.60. The number of anilines is 1. The molecule has 4 nitrogen and oxygen atoms in total. The highest BCUT2D eigenvalue weighted by Crippen LogP contribution is 2.16. The van der Waals surface area contributed by atoms with Gasteiger partial charge in [0.2, 0.25) is 5.95 Å². The average Bonchev–Trinajstić information content (AvgIpc) is 2.29. The first-order valence-electron chi connectivity index (χ1n) is 5.44. The van der Waals surface area contributed by atoms with Crippen molar-refractivity contribution in [1.29, 1.82) is 0 Å². The second kappa shape index (κ2) is 4.97. The van der Waals surface area contributed by atoms with Gasteiger partial charge in [0, 0.05) is 25.5 Å². The van der Waals surface area contributed by atoms with Crippen molar-refractivity contribution in [1.82, 2.24) is 9.97 Å². The molecule has 0 aromatic carbocycles. The summed E-state index contributed by atoms with van der Waals surface area (Å²) in [4.78, 5) is 10.8. The smallest absolute Gasteiger partial charge is 0.225 e. The monoisotopic (exact) mass is 241 g/mol. The first-order valence-corrected chi connectivity index (χ1v) is 5.97. The van der Waals surface area contributed by atoms with Gasteiger partial charge in [0.05, 0.1) is 18.1 Å². The Labute approximate surface area is 101 Å². The summed E-state index contributed by atoms with van der Waals surface area (Å²) in [6, 6.07) is 0. The van der Waals surface area contributed by atoms with E-state index in [-0.39, 0.29) is 12.2 Å². The van der Waals surface area contributed by atoms with E-state index in [4.69, 9.17) is 16.3 Å². The number of hydrogen-bond acceptors (Lipinski definition) is 4. The number of alkyl halides is 1. The highest BCUT2D eigenvalue weighted by atomic mass is 35.5. The topological polar surface area (TPSA) is 38.2 Å². The summed E-state index contributed by atoms with van der Waals surface area (Å²) in [5, 5.41) is 0. The Balaban J connectivity index is 2.11. The van der Waals surface area contributed by atoms with Crippen molar-refractivity contribution in [3.63, 3.8) is 0 Å². The van der Waals surface area contributed by atoms with Gasteiger partial charge in [0.15, 0.2) is 0 Å². The molecule has 16 heavy (non-hydrogen) atoms. The molecule has 1 aliphatic rings. The number of aromatic nitrogens is 2. The lowest BCUT2D eigenvalue weighted by Gasteiger charge is -2.35. The summed E-state index contributed by atoms with van der Waals surface area (Å²) in [5.41, 5.74) is 1.07. The van der Waals surface area contributed by atoms with Crippen molar-refractivity contribution in [3.8, 4) is 0 Å². The minimum absolute atomic E-state index is 0.0651. The first kappa shape index (κ1) is 11.6. The van der Waals surface area contributed by atoms with Crippen LogP contribution in [-0.4, -0.2) is 41.1 Å². The molecule has 2 heterocycles. The maximum Gasteiger partial charge on any atom is 0.225 e. The molecule has 0 amide bonds. The molecule has 1 saturated heterocycles. The number of aryl methyl sites for hydroxylation is 1. The third kappa shape index (κ3) is 2.62. The molecule has 2 atom stereocenters. The molecule has 0 radical (unpaired) electrons. The molecular formula is C11H16ClN3O. The second-order valence-electron chi connectivity index (χ2n) is 4.19. The van der Waals surface area contributed by atoms with E-state index in [9.17, 15) is 0 Å². The van der Waals surface area contributed by atoms with Gasteiger partial charge in [-0.25, -0.2) is 9.97 Å². The van der Waals surface area contributed by atoms with Crippen molar-refractivity contribution >= 4 is 17.5 Å². The van der Waals surface area contributed by atoms with Crippen LogP contribution in [0.1, 0.15) is 12.5 Å². The van der Waals surface area contributed by atoms with Crippen LogP contribution in [0.25, 0.3) is 0 Å². The standard InChI is InChI=1S/C11H16ClN3O/c1-8-4-13-11(14-5-8)15-6-9(2)16-10(3-12)7-15/h4-5,9-10H,3,6-7H2,1-2H3. The summed E-state index contributed by atoms with van der Waals surface area (Å²) in [7, 11) is 0. The van der Waals surface area contributed by atoms with Crippen LogP contribution in [0.4, 0.5) is 5.95 Å². The Kier molecular flexibility index (Phi) is 3.61. The molecule has 2 unspecified atom stereocenters. The van der Waals surface area contributed by atoms with E-state index in [1.165, 1.54) is 0 Å². The molecule has 1 fully saturated rings. The molecule has 0 spiro atoms. The van der Waals surface area contributed by atoms with Gasteiger partial charge < -0.3 is 9.64 Å². The van der Waals surface area contributed by atoms with E-state index in [1.54, 1.807) is 0 Å². The Morgan fingerprint density at radius 2 is 2.12 bits per heavy atom. The minimum Gasteiger partial charge on any atom is -0.370 e. The van der Waals surface area contributed by atoms with Gasteiger partial charge in [-0.2, -0.15) is 0 Å². The van der Waals surface area contributed by atoms with E-state index < -0.39 is 0 Å². The molecule has 5 heteroatoms. The summed E-state index contributed by atoms with van der Waals surface area (Å²) >= 11 is 5.83. The van der Waals surface area contributed by atoms with Crippen molar-refractivity contribution in [2.75, 3.05) is 23.9 Å². The van der Waals surface area contributed by atoms with Gasteiger partial charge in [-0.05, 0) is 19.4 Å². The fraction of sp³-hybridized carbons (Fsp3) is 0.636. The van der Waals surface area contributed by atoms with Crippen LogP contribution < -0.4 is 4.90 Å². The largest absolute Gasteiger partial charge is 0.370 e. The number of halogens is 1. The Bertz CT molecular complexity index is 344. The van der Waals surface area contributed by atoms with Crippen LogP contribution >= 0.6 is 11.6 Å². The zero-order chi connectivity index (χ0) is 11.5.